The molecule has 0 aromatic carbocycles. The highest BCUT2D eigenvalue weighted by molar-refractivity contribution is 6.63. The largest absolute Gasteiger partial charge is 0.462 e. The summed E-state index contributed by atoms with van der Waals surface area (Å²) in [6.45, 7) is 3.11. The van der Waals surface area contributed by atoms with Crippen molar-refractivity contribution in [2.45, 2.75) is 12.8 Å². The molecule has 0 rings (SSSR count). The van der Waals surface area contributed by atoms with Crippen molar-refractivity contribution in [3.8, 4) is 0 Å². The molecule has 6 heteroatoms. The van der Waals surface area contributed by atoms with E-state index in [2.05, 4.69) is 16.1 Å². The van der Waals surface area contributed by atoms with Crippen LogP contribution in [0.3, 0.4) is 0 Å². The van der Waals surface area contributed by atoms with Crippen molar-refractivity contribution in [3.05, 3.63) is 12.7 Å². The maximum absolute atomic E-state index is 10.9. The van der Waals surface area contributed by atoms with Crippen LogP contribution in [0.4, 0.5) is 0 Å². The third-order valence-corrected chi connectivity index (χ3v) is 1.47. The summed E-state index contributed by atoms with van der Waals surface area (Å²) < 4.78 is 9.17. The summed E-state index contributed by atoms with van der Waals surface area (Å²) in [6.07, 6.45) is 0.874. The molecule has 0 saturated heterocycles. The van der Waals surface area contributed by atoms with Gasteiger partial charge < -0.3 is 9.47 Å². The fourth-order valence-corrected chi connectivity index (χ4v) is 0.724. The summed E-state index contributed by atoms with van der Waals surface area (Å²) in [5.74, 6) is -1.14. The van der Waals surface area contributed by atoms with Gasteiger partial charge in [-0.2, -0.15) is 0 Å². The van der Waals surface area contributed by atoms with Crippen LogP contribution in [-0.2, 0) is 23.9 Å². The van der Waals surface area contributed by atoms with Crippen LogP contribution in [0.1, 0.15) is 12.8 Å². The summed E-state index contributed by atoms with van der Waals surface area (Å²) in [4.78, 5) is 31.7. The maximum Gasteiger partial charge on any atom is 0.330 e. The summed E-state index contributed by atoms with van der Waals surface area (Å²) in [5.41, 5.74) is 0. The van der Waals surface area contributed by atoms with Crippen LogP contribution >= 0.6 is 11.6 Å². The average molecular weight is 235 g/mol. The Bertz CT molecular complexity index is 261. The Morgan fingerprint density at radius 2 is 1.73 bits per heavy atom. The van der Waals surface area contributed by atoms with E-state index in [1.165, 1.54) is 0 Å². The predicted octanol–water partition coefficient (Wildman–Crippen LogP) is 0.804. The molecule has 0 aliphatic carbocycles. The van der Waals surface area contributed by atoms with Gasteiger partial charge >= 0.3 is 11.9 Å². The maximum atomic E-state index is 10.9. The SMILES string of the molecule is C=CC(=O)OCCOC(=O)CCC(=O)Cl. The zero-order valence-corrected chi connectivity index (χ0v) is 8.79. The molecular formula is C9H11ClO5. The van der Waals surface area contributed by atoms with Crippen molar-refractivity contribution in [3.63, 3.8) is 0 Å². The van der Waals surface area contributed by atoms with Crippen LogP contribution in [0.5, 0.6) is 0 Å². The number of hydrogen-bond donors (Lipinski definition) is 0. The van der Waals surface area contributed by atoms with Gasteiger partial charge in [0.25, 0.3) is 0 Å². The second-order valence-electron chi connectivity index (χ2n) is 2.45. The minimum atomic E-state index is -0.593. The van der Waals surface area contributed by atoms with Gasteiger partial charge in [-0.3, -0.25) is 9.59 Å². The number of hydrogen-bond acceptors (Lipinski definition) is 5. The van der Waals surface area contributed by atoms with Crippen LogP contribution < -0.4 is 0 Å². The topological polar surface area (TPSA) is 69.7 Å². The van der Waals surface area contributed by atoms with Crippen LogP contribution in [0.15, 0.2) is 12.7 Å². The van der Waals surface area contributed by atoms with Gasteiger partial charge in [0.05, 0.1) is 6.42 Å². The van der Waals surface area contributed by atoms with E-state index in [-0.39, 0.29) is 26.1 Å². The highest BCUT2D eigenvalue weighted by atomic mass is 35.5. The number of ether oxygens (including phenoxy) is 2. The molecule has 0 aliphatic heterocycles. The van der Waals surface area contributed by atoms with Gasteiger partial charge in [-0.25, -0.2) is 4.79 Å². The van der Waals surface area contributed by atoms with E-state index in [1.807, 2.05) is 0 Å². The lowest BCUT2D eigenvalue weighted by molar-refractivity contribution is -0.150. The first-order chi connectivity index (χ1) is 7.06. The first kappa shape index (κ1) is 13.6. The van der Waals surface area contributed by atoms with E-state index in [0.717, 1.165) is 6.08 Å². The van der Waals surface area contributed by atoms with E-state index >= 15 is 0 Å². The zero-order chi connectivity index (χ0) is 11.7. The summed E-state index contributed by atoms with van der Waals surface area (Å²) in [7, 11) is 0. The molecule has 15 heavy (non-hydrogen) atoms. The molecule has 0 radical (unpaired) electrons. The third kappa shape index (κ3) is 8.96. The minimum absolute atomic E-state index is 0.0363. The number of carbonyl (C=O) groups excluding carboxylic acids is 3. The van der Waals surface area contributed by atoms with Gasteiger partial charge in [0.2, 0.25) is 5.24 Å². The highest BCUT2D eigenvalue weighted by Crippen LogP contribution is 1.96. The lowest BCUT2D eigenvalue weighted by Crippen LogP contribution is -2.13. The molecule has 0 aromatic heterocycles. The van der Waals surface area contributed by atoms with E-state index in [0.29, 0.717) is 0 Å². The summed E-state index contributed by atoms with van der Waals surface area (Å²) in [6, 6.07) is 0. The van der Waals surface area contributed by atoms with E-state index in [9.17, 15) is 14.4 Å². The Morgan fingerprint density at radius 3 is 2.27 bits per heavy atom. The number of carbonyl (C=O) groups is 3. The molecule has 0 amide bonds. The summed E-state index contributed by atoms with van der Waals surface area (Å²) in [5, 5.41) is -0.593. The van der Waals surface area contributed by atoms with E-state index in [4.69, 9.17) is 11.6 Å². The van der Waals surface area contributed by atoms with Gasteiger partial charge in [-0.1, -0.05) is 6.58 Å². The monoisotopic (exact) mass is 234 g/mol. The van der Waals surface area contributed by atoms with Crippen molar-refractivity contribution in [1.29, 1.82) is 0 Å². The number of rotatable bonds is 7. The zero-order valence-electron chi connectivity index (χ0n) is 8.03. The Morgan fingerprint density at radius 1 is 1.13 bits per heavy atom. The Balaban J connectivity index is 3.43. The molecule has 0 aromatic rings. The molecule has 0 atom stereocenters. The standard InChI is InChI=1S/C9H11ClO5/c1-2-8(12)14-5-6-15-9(13)4-3-7(10)11/h2H,1,3-6H2. The molecule has 0 spiro atoms. The van der Waals surface area contributed by atoms with Crippen molar-refractivity contribution in [1.82, 2.24) is 0 Å². The van der Waals surface area contributed by atoms with E-state index < -0.39 is 17.2 Å². The van der Waals surface area contributed by atoms with Gasteiger partial charge in [0, 0.05) is 12.5 Å². The van der Waals surface area contributed by atoms with Gasteiger partial charge in [-0.05, 0) is 11.6 Å². The van der Waals surface area contributed by atoms with Gasteiger partial charge in [0.1, 0.15) is 13.2 Å². The molecule has 84 valence electrons. The Kier molecular flexibility index (Phi) is 7.27. The molecule has 0 bridgehead atoms. The molecule has 0 saturated carbocycles. The first-order valence-corrected chi connectivity index (χ1v) is 4.57. The molecule has 5 nitrogen and oxygen atoms in total. The predicted molar refractivity (Wildman–Crippen MR) is 52.2 cm³/mol. The van der Waals surface area contributed by atoms with Crippen LogP contribution in [0.2, 0.25) is 0 Å². The van der Waals surface area contributed by atoms with Crippen molar-refractivity contribution in [2.75, 3.05) is 13.2 Å². The van der Waals surface area contributed by atoms with Crippen molar-refractivity contribution < 1.29 is 23.9 Å². The fourth-order valence-electron chi connectivity index (χ4n) is 0.629. The number of esters is 2. The smallest absolute Gasteiger partial charge is 0.330 e. The van der Waals surface area contributed by atoms with Crippen molar-refractivity contribution >= 4 is 28.8 Å². The van der Waals surface area contributed by atoms with Gasteiger partial charge in [0.15, 0.2) is 0 Å². The minimum Gasteiger partial charge on any atom is -0.462 e. The lowest BCUT2D eigenvalue weighted by Gasteiger charge is -2.03. The lowest BCUT2D eigenvalue weighted by atomic mass is 10.3. The van der Waals surface area contributed by atoms with Crippen LogP contribution in [0.25, 0.3) is 0 Å². The molecule has 0 unspecified atom stereocenters. The second-order valence-corrected chi connectivity index (χ2v) is 2.87. The molecule has 0 fully saturated rings. The normalized spacial score (nSPS) is 9.13. The molecule has 0 N–H and O–H groups in total. The molecular weight excluding hydrogens is 224 g/mol. The van der Waals surface area contributed by atoms with Crippen molar-refractivity contribution in [2.24, 2.45) is 0 Å². The summed E-state index contributed by atoms with van der Waals surface area (Å²) >= 11 is 5.02. The quantitative estimate of drug-likeness (QED) is 0.282. The second kappa shape index (κ2) is 7.99. The Labute approximate surface area is 92.0 Å². The molecule has 0 aliphatic rings. The third-order valence-electron chi connectivity index (χ3n) is 1.28. The van der Waals surface area contributed by atoms with Crippen LogP contribution in [-0.4, -0.2) is 30.4 Å². The van der Waals surface area contributed by atoms with Gasteiger partial charge in [-0.15, -0.1) is 0 Å². The number of halogens is 1. The van der Waals surface area contributed by atoms with E-state index in [1.54, 1.807) is 0 Å². The average Bonchev–Trinajstić information content (AvgIpc) is 2.21. The fraction of sp³-hybridized carbons (Fsp3) is 0.444. The highest BCUT2D eigenvalue weighted by Gasteiger charge is 2.05. The Hall–Kier alpha value is -1.36. The first-order valence-electron chi connectivity index (χ1n) is 4.19. The van der Waals surface area contributed by atoms with Crippen LogP contribution in [0, 0.1) is 0 Å². The molecule has 0 heterocycles.